The van der Waals surface area contributed by atoms with E-state index in [2.05, 4.69) is 5.82 Å². The summed E-state index contributed by atoms with van der Waals surface area (Å²) in [5.41, 5.74) is 0. The van der Waals surface area contributed by atoms with Gasteiger partial charge in [-0.05, 0) is 0 Å². The minimum atomic E-state index is 0. The maximum Gasteiger partial charge on any atom is 1.00 e. The Morgan fingerprint density at radius 2 is 2.00 bits per heavy atom. The van der Waals surface area contributed by atoms with Gasteiger partial charge in [0.15, 0.2) is 0 Å². The molecule has 34 valence electrons. The van der Waals surface area contributed by atoms with Crippen molar-refractivity contribution in [3.8, 4) is 0 Å². The molecular weight excluding hydrogens is 179 g/mol. The number of hydrogen-bond donors (Lipinski definition) is 0. The summed E-state index contributed by atoms with van der Waals surface area (Å²) in [6.07, 6.45) is 0. The molecule has 5 heavy (non-hydrogen) atoms. The first-order chi connectivity index (χ1) is 1.91. The van der Waals surface area contributed by atoms with Gasteiger partial charge in [-0.1, -0.05) is 0 Å². The number of rotatable bonds is 1. The Bertz CT molecular complexity index is 20.9. The minimum absolute atomic E-state index is 0. The van der Waals surface area contributed by atoms with Gasteiger partial charge in [-0.2, -0.15) is 0 Å². The monoisotopic (exact) mass is 184 g/mol. The maximum absolute atomic E-state index is 4.93. The smallest absolute Gasteiger partial charge is 1.00 e. The summed E-state index contributed by atoms with van der Waals surface area (Å²) in [7, 11) is 0. The Morgan fingerprint density at radius 1 is 1.80 bits per heavy atom. The van der Waals surface area contributed by atoms with E-state index in [4.69, 9.17) is 6.58 Å². The summed E-state index contributed by atoms with van der Waals surface area (Å²) in [6.45, 7) is 4.93. The van der Waals surface area contributed by atoms with E-state index in [1.165, 1.54) is 0 Å². The maximum atomic E-state index is 4.93. The van der Waals surface area contributed by atoms with Crippen LogP contribution in [-0.2, 0) is 17.1 Å². The molecule has 0 rings (SSSR count). The Kier molecular flexibility index (Phi) is 16.3. The van der Waals surface area contributed by atoms with Crippen molar-refractivity contribution in [2.75, 3.05) is 0 Å². The van der Waals surface area contributed by atoms with Gasteiger partial charge in [-0.15, -0.1) is 0 Å². The first-order valence-corrected chi connectivity index (χ1v) is 3.68. The molecule has 0 fully saturated rings. The van der Waals surface area contributed by atoms with Crippen molar-refractivity contribution in [2.24, 2.45) is 0 Å². The summed E-state index contributed by atoms with van der Waals surface area (Å²) < 4.78 is 0. The SMILES string of the molecule is [CH-]=C[Se]C.[Cu+]. The molecule has 0 saturated carbocycles. The molecule has 0 aromatic carbocycles. The fourth-order valence-corrected chi connectivity index (χ4v) is 0. The van der Waals surface area contributed by atoms with Crippen molar-refractivity contribution in [1.82, 2.24) is 0 Å². The van der Waals surface area contributed by atoms with Gasteiger partial charge < -0.3 is 0 Å². The quantitative estimate of drug-likeness (QED) is 0.414. The predicted molar refractivity (Wildman–Crippen MR) is 20.5 cm³/mol. The zero-order valence-corrected chi connectivity index (χ0v) is 5.52. The first-order valence-electron chi connectivity index (χ1n) is 0.977. The molecule has 0 bridgehead atoms. The van der Waals surface area contributed by atoms with Crippen LogP contribution < -0.4 is 0 Å². The van der Waals surface area contributed by atoms with Crippen LogP contribution in [0, 0.1) is 6.58 Å². The van der Waals surface area contributed by atoms with E-state index in [1.807, 2.05) is 0 Å². The molecule has 0 aliphatic rings. The molecule has 0 aliphatic heterocycles. The standard InChI is InChI=1S/C3H5Se.Cu/c1-3-4-2;/h1,3H,2H3;/q-1;+1. The van der Waals surface area contributed by atoms with Crippen LogP contribution >= 0.6 is 0 Å². The second-order valence-corrected chi connectivity index (χ2v) is 1.93. The van der Waals surface area contributed by atoms with E-state index in [0.29, 0.717) is 15.0 Å². The van der Waals surface area contributed by atoms with Crippen LogP contribution in [0.3, 0.4) is 0 Å². The van der Waals surface area contributed by atoms with Gasteiger partial charge in [-0.3, -0.25) is 0 Å². The molecule has 0 aliphatic carbocycles. The van der Waals surface area contributed by atoms with E-state index in [9.17, 15) is 0 Å². The van der Waals surface area contributed by atoms with Gasteiger partial charge in [0.1, 0.15) is 0 Å². The van der Waals surface area contributed by atoms with E-state index in [1.54, 1.807) is 4.97 Å². The molecule has 0 aromatic rings. The van der Waals surface area contributed by atoms with Gasteiger partial charge in [0.2, 0.25) is 0 Å². The topological polar surface area (TPSA) is 0 Å². The third-order valence-corrected chi connectivity index (χ3v) is 0.707. The minimum Gasteiger partial charge on any atom is 1.00 e. The summed E-state index contributed by atoms with van der Waals surface area (Å²) in [5.74, 6) is 2.06. The van der Waals surface area contributed by atoms with Gasteiger partial charge in [-0.25, -0.2) is 0 Å². The molecule has 0 atom stereocenters. The molecule has 0 saturated heterocycles. The fraction of sp³-hybridized carbons (Fsp3) is 0.333. The molecule has 0 radical (unpaired) electrons. The van der Waals surface area contributed by atoms with Crippen molar-refractivity contribution in [3.63, 3.8) is 0 Å². The van der Waals surface area contributed by atoms with Crippen molar-refractivity contribution < 1.29 is 17.1 Å². The van der Waals surface area contributed by atoms with Crippen LogP contribution in [-0.4, -0.2) is 15.0 Å². The molecular formula is C3H5CuSe. The molecule has 0 N–H and O–H groups in total. The van der Waals surface area contributed by atoms with Crippen LogP contribution in [0.2, 0.25) is 5.82 Å². The van der Waals surface area contributed by atoms with E-state index in [-0.39, 0.29) is 17.1 Å². The van der Waals surface area contributed by atoms with Crippen LogP contribution in [0.1, 0.15) is 0 Å². The van der Waals surface area contributed by atoms with Gasteiger partial charge in [0.25, 0.3) is 0 Å². The van der Waals surface area contributed by atoms with Crippen LogP contribution in [0.25, 0.3) is 0 Å². The second-order valence-electron chi connectivity index (χ2n) is 0.372. The second kappa shape index (κ2) is 8.84. The van der Waals surface area contributed by atoms with Crippen molar-refractivity contribution in [1.29, 1.82) is 0 Å². The van der Waals surface area contributed by atoms with Crippen molar-refractivity contribution >= 4 is 15.0 Å². The molecule has 0 amide bonds. The molecule has 0 nitrogen and oxygen atoms in total. The van der Waals surface area contributed by atoms with Gasteiger partial charge in [0, 0.05) is 0 Å². The number of hydrogen-bond acceptors (Lipinski definition) is 0. The summed E-state index contributed by atoms with van der Waals surface area (Å²) in [4.78, 5) is 1.69. The molecule has 0 unspecified atom stereocenters. The van der Waals surface area contributed by atoms with Crippen LogP contribution in [0.4, 0.5) is 0 Å². The summed E-state index contributed by atoms with van der Waals surface area (Å²) >= 11 is 0.569. The third-order valence-electron chi connectivity index (χ3n) is 0.136. The van der Waals surface area contributed by atoms with E-state index in [0.717, 1.165) is 0 Å². The van der Waals surface area contributed by atoms with E-state index >= 15 is 0 Å². The normalized spacial score (nSPS) is 5.00. The van der Waals surface area contributed by atoms with Gasteiger partial charge >= 0.3 is 49.4 Å². The van der Waals surface area contributed by atoms with E-state index < -0.39 is 0 Å². The average molecular weight is 184 g/mol. The molecule has 0 heterocycles. The molecule has 0 spiro atoms. The van der Waals surface area contributed by atoms with Crippen molar-refractivity contribution in [2.45, 2.75) is 5.82 Å². The Labute approximate surface area is 49.7 Å². The summed E-state index contributed by atoms with van der Waals surface area (Å²) in [5, 5.41) is 0. The average Bonchev–Trinajstić information content (AvgIpc) is 1.37. The zero-order valence-electron chi connectivity index (χ0n) is 2.86. The Morgan fingerprint density at radius 3 is 2.00 bits per heavy atom. The van der Waals surface area contributed by atoms with Crippen molar-refractivity contribution in [3.05, 3.63) is 11.6 Å². The Hall–Kier alpha value is 0.779. The zero-order chi connectivity index (χ0) is 3.41. The van der Waals surface area contributed by atoms with Crippen LogP contribution in [0.15, 0.2) is 4.97 Å². The summed E-state index contributed by atoms with van der Waals surface area (Å²) in [6, 6.07) is 0. The van der Waals surface area contributed by atoms with Crippen LogP contribution in [0.5, 0.6) is 0 Å². The Balaban J connectivity index is 0. The molecule has 0 aromatic heterocycles. The first kappa shape index (κ1) is 9.24. The largest absolute Gasteiger partial charge is 1.00 e. The van der Waals surface area contributed by atoms with Gasteiger partial charge in [0.05, 0.1) is 0 Å². The third kappa shape index (κ3) is 11.7. The fourth-order valence-electron chi connectivity index (χ4n) is 0. The predicted octanol–water partition coefficient (Wildman–Crippen LogP) is 0.683. The molecule has 2 heteroatoms.